The van der Waals surface area contributed by atoms with Gasteiger partial charge in [-0.1, -0.05) is 29.8 Å². The van der Waals surface area contributed by atoms with Gasteiger partial charge in [0.25, 0.3) is 0 Å². The minimum atomic E-state index is -0.657. The molecule has 104 valence electrons. The lowest BCUT2D eigenvalue weighted by Crippen LogP contribution is -2.35. The third-order valence-corrected chi connectivity index (χ3v) is 3.52. The van der Waals surface area contributed by atoms with Gasteiger partial charge in [-0.25, -0.2) is 4.98 Å². The largest absolute Gasteiger partial charge is 0.310 e. The van der Waals surface area contributed by atoms with Crippen LogP contribution in [-0.4, -0.2) is 10.9 Å². The van der Waals surface area contributed by atoms with E-state index < -0.39 is 5.41 Å². The highest BCUT2D eigenvalue weighted by molar-refractivity contribution is 6.30. The molecule has 2 rings (SSSR count). The summed E-state index contributed by atoms with van der Waals surface area (Å²) in [5, 5.41) is 3.51. The van der Waals surface area contributed by atoms with Crippen molar-refractivity contribution in [1.82, 2.24) is 4.98 Å². The summed E-state index contributed by atoms with van der Waals surface area (Å²) in [7, 11) is 0. The van der Waals surface area contributed by atoms with Crippen molar-refractivity contribution in [2.45, 2.75) is 26.2 Å². The van der Waals surface area contributed by atoms with E-state index in [0.717, 1.165) is 11.3 Å². The lowest BCUT2D eigenvalue weighted by Gasteiger charge is -2.24. The van der Waals surface area contributed by atoms with E-state index in [1.165, 1.54) is 0 Å². The number of aryl methyl sites for hydroxylation is 1. The Morgan fingerprint density at radius 3 is 2.40 bits per heavy atom. The summed E-state index contributed by atoms with van der Waals surface area (Å²) in [6, 6.07) is 12.8. The molecule has 0 aliphatic carbocycles. The van der Waals surface area contributed by atoms with E-state index >= 15 is 0 Å². The van der Waals surface area contributed by atoms with E-state index in [2.05, 4.69) is 10.3 Å². The molecule has 0 radical (unpaired) electrons. The van der Waals surface area contributed by atoms with Crippen molar-refractivity contribution in [3.63, 3.8) is 0 Å². The number of nitrogens with one attached hydrogen (secondary N) is 1. The van der Waals surface area contributed by atoms with Crippen LogP contribution >= 0.6 is 11.6 Å². The van der Waals surface area contributed by atoms with Crippen molar-refractivity contribution in [3.8, 4) is 0 Å². The third-order valence-electron chi connectivity index (χ3n) is 3.26. The smallest absolute Gasteiger partial charge is 0.235 e. The fourth-order valence-corrected chi connectivity index (χ4v) is 2.01. The number of carbonyl (C=O) groups is 1. The van der Waals surface area contributed by atoms with Crippen LogP contribution in [0.3, 0.4) is 0 Å². The maximum Gasteiger partial charge on any atom is 0.235 e. The first-order valence-electron chi connectivity index (χ1n) is 6.41. The maximum absolute atomic E-state index is 12.4. The Balaban J connectivity index is 2.21. The van der Waals surface area contributed by atoms with Gasteiger partial charge in [0.15, 0.2) is 0 Å². The maximum atomic E-state index is 12.4. The molecule has 0 fully saturated rings. The molecular weight excluding hydrogens is 272 g/mol. The Morgan fingerprint density at radius 1 is 1.15 bits per heavy atom. The summed E-state index contributed by atoms with van der Waals surface area (Å²) in [6.07, 6.45) is 0. The number of benzene rings is 1. The topological polar surface area (TPSA) is 42.0 Å². The third kappa shape index (κ3) is 3.17. The van der Waals surface area contributed by atoms with Gasteiger partial charge in [0.1, 0.15) is 5.82 Å². The molecule has 1 N–H and O–H groups in total. The summed E-state index contributed by atoms with van der Waals surface area (Å²) in [5.74, 6) is 0.468. The number of hydrogen-bond donors (Lipinski definition) is 1. The molecule has 20 heavy (non-hydrogen) atoms. The molecule has 2 aromatic rings. The van der Waals surface area contributed by atoms with Crippen LogP contribution in [0, 0.1) is 6.92 Å². The van der Waals surface area contributed by atoms with Gasteiger partial charge in [-0.3, -0.25) is 4.79 Å². The molecule has 0 unspecified atom stereocenters. The molecule has 4 heteroatoms. The van der Waals surface area contributed by atoms with E-state index in [4.69, 9.17) is 11.6 Å². The monoisotopic (exact) mass is 288 g/mol. The van der Waals surface area contributed by atoms with Crippen molar-refractivity contribution < 1.29 is 4.79 Å². The highest BCUT2D eigenvalue weighted by Crippen LogP contribution is 2.26. The lowest BCUT2D eigenvalue weighted by molar-refractivity contribution is -0.120. The quantitative estimate of drug-likeness (QED) is 0.929. The van der Waals surface area contributed by atoms with Gasteiger partial charge in [-0.05, 0) is 50.6 Å². The summed E-state index contributed by atoms with van der Waals surface area (Å²) in [4.78, 5) is 16.7. The average molecular weight is 289 g/mol. The minimum absolute atomic E-state index is 0.0991. The Bertz CT molecular complexity index is 621. The Labute approximate surface area is 124 Å². The van der Waals surface area contributed by atoms with E-state index in [0.29, 0.717) is 10.8 Å². The highest BCUT2D eigenvalue weighted by atomic mass is 35.5. The van der Waals surface area contributed by atoms with Gasteiger partial charge in [-0.15, -0.1) is 0 Å². The van der Waals surface area contributed by atoms with Gasteiger partial charge >= 0.3 is 0 Å². The van der Waals surface area contributed by atoms with E-state index in [1.54, 1.807) is 18.2 Å². The summed E-state index contributed by atoms with van der Waals surface area (Å²) >= 11 is 5.88. The van der Waals surface area contributed by atoms with Gasteiger partial charge < -0.3 is 5.32 Å². The Hall–Kier alpha value is -1.87. The summed E-state index contributed by atoms with van der Waals surface area (Å²) in [5.41, 5.74) is 1.12. The number of carbonyl (C=O) groups excluding carboxylic acids is 1. The summed E-state index contributed by atoms with van der Waals surface area (Å²) in [6.45, 7) is 5.64. The SMILES string of the molecule is Cc1cccc(NC(=O)C(C)(C)c2ccc(Cl)cc2)n1. The standard InChI is InChI=1S/C16H17ClN2O/c1-11-5-4-6-14(18-11)19-15(20)16(2,3)12-7-9-13(17)10-8-12/h4-10H,1-3H3,(H,18,19,20). The zero-order valence-electron chi connectivity index (χ0n) is 11.8. The first-order valence-corrected chi connectivity index (χ1v) is 6.78. The van der Waals surface area contributed by atoms with Crippen LogP contribution in [0.15, 0.2) is 42.5 Å². The van der Waals surface area contributed by atoms with Gasteiger partial charge in [0, 0.05) is 10.7 Å². The highest BCUT2D eigenvalue weighted by Gasteiger charge is 2.30. The minimum Gasteiger partial charge on any atom is -0.310 e. The van der Waals surface area contributed by atoms with Crippen LogP contribution in [0.4, 0.5) is 5.82 Å². The number of rotatable bonds is 3. The van der Waals surface area contributed by atoms with Crippen molar-refractivity contribution in [2.75, 3.05) is 5.32 Å². The number of amides is 1. The first-order chi connectivity index (χ1) is 9.39. The van der Waals surface area contributed by atoms with Crippen molar-refractivity contribution in [1.29, 1.82) is 0 Å². The molecule has 1 aromatic heterocycles. The number of anilines is 1. The molecule has 0 saturated heterocycles. The molecule has 0 aliphatic rings. The van der Waals surface area contributed by atoms with Crippen LogP contribution in [0.1, 0.15) is 25.1 Å². The van der Waals surface area contributed by atoms with Crippen LogP contribution in [0.25, 0.3) is 0 Å². The van der Waals surface area contributed by atoms with Gasteiger partial charge in [0.05, 0.1) is 5.41 Å². The lowest BCUT2D eigenvalue weighted by atomic mass is 9.84. The van der Waals surface area contributed by atoms with E-state index in [1.807, 2.05) is 45.0 Å². The van der Waals surface area contributed by atoms with Crippen LogP contribution in [0.5, 0.6) is 0 Å². The molecule has 1 aromatic carbocycles. The van der Waals surface area contributed by atoms with Crippen LogP contribution in [-0.2, 0) is 10.2 Å². The normalized spacial score (nSPS) is 11.2. The number of nitrogens with zero attached hydrogens (tertiary/aromatic N) is 1. The Morgan fingerprint density at radius 2 is 1.80 bits per heavy atom. The average Bonchev–Trinajstić information content (AvgIpc) is 2.39. The predicted octanol–water partition coefficient (Wildman–Crippen LogP) is 3.96. The zero-order valence-corrected chi connectivity index (χ0v) is 12.5. The second kappa shape index (κ2) is 5.63. The number of aromatic nitrogens is 1. The number of halogens is 1. The molecule has 0 aliphatic heterocycles. The van der Waals surface area contributed by atoms with Crippen LogP contribution < -0.4 is 5.32 Å². The van der Waals surface area contributed by atoms with Crippen molar-refractivity contribution >= 4 is 23.3 Å². The van der Waals surface area contributed by atoms with Gasteiger partial charge in [-0.2, -0.15) is 0 Å². The fraction of sp³-hybridized carbons (Fsp3) is 0.250. The van der Waals surface area contributed by atoms with Crippen LogP contribution in [0.2, 0.25) is 5.02 Å². The number of pyridine rings is 1. The first kappa shape index (κ1) is 14.5. The molecule has 3 nitrogen and oxygen atoms in total. The zero-order chi connectivity index (χ0) is 14.8. The predicted molar refractivity (Wildman–Crippen MR) is 82.1 cm³/mol. The second-order valence-electron chi connectivity index (χ2n) is 5.25. The molecule has 1 amide bonds. The molecule has 0 saturated carbocycles. The Kier molecular flexibility index (Phi) is 4.09. The molecule has 0 bridgehead atoms. The summed E-state index contributed by atoms with van der Waals surface area (Å²) < 4.78 is 0. The molecule has 0 atom stereocenters. The second-order valence-corrected chi connectivity index (χ2v) is 5.69. The molecular formula is C16H17ClN2O. The van der Waals surface area contributed by atoms with E-state index in [9.17, 15) is 4.79 Å². The fourth-order valence-electron chi connectivity index (χ4n) is 1.88. The van der Waals surface area contributed by atoms with E-state index in [-0.39, 0.29) is 5.91 Å². The van der Waals surface area contributed by atoms with Crippen molar-refractivity contribution in [2.24, 2.45) is 0 Å². The number of hydrogen-bond acceptors (Lipinski definition) is 2. The molecule has 0 spiro atoms. The molecule has 1 heterocycles. The van der Waals surface area contributed by atoms with Gasteiger partial charge in [0.2, 0.25) is 5.91 Å². The van der Waals surface area contributed by atoms with Crippen molar-refractivity contribution in [3.05, 3.63) is 58.7 Å².